The number of carboxylic acid groups (broad SMARTS) is 1. The predicted molar refractivity (Wildman–Crippen MR) is 75.3 cm³/mol. The molecule has 1 heterocycles. The monoisotopic (exact) mass is 272 g/mol. The van der Waals surface area contributed by atoms with Gasteiger partial charge >= 0.3 is 5.97 Å². The first-order chi connectivity index (χ1) is 8.95. The molecule has 1 aliphatic rings. The SMILES string of the molecule is COCCNCC1CCN(CC(C)(C)C(=O)O)CC1. The smallest absolute Gasteiger partial charge is 0.310 e. The summed E-state index contributed by atoms with van der Waals surface area (Å²) in [6.45, 7) is 8.96. The summed E-state index contributed by atoms with van der Waals surface area (Å²) in [5.74, 6) is -0.00287. The van der Waals surface area contributed by atoms with Crippen LogP contribution in [-0.2, 0) is 9.53 Å². The summed E-state index contributed by atoms with van der Waals surface area (Å²) in [6, 6.07) is 0. The largest absolute Gasteiger partial charge is 0.481 e. The van der Waals surface area contributed by atoms with Crippen LogP contribution in [0, 0.1) is 11.3 Å². The lowest BCUT2D eigenvalue weighted by atomic mass is 9.90. The Balaban J connectivity index is 2.20. The van der Waals surface area contributed by atoms with E-state index in [9.17, 15) is 4.79 Å². The highest BCUT2D eigenvalue weighted by molar-refractivity contribution is 5.73. The summed E-state index contributed by atoms with van der Waals surface area (Å²) in [6.07, 6.45) is 2.30. The van der Waals surface area contributed by atoms with E-state index in [1.165, 1.54) is 0 Å². The number of methoxy groups -OCH3 is 1. The molecule has 19 heavy (non-hydrogen) atoms. The molecule has 0 atom stereocenters. The van der Waals surface area contributed by atoms with E-state index in [0.29, 0.717) is 12.5 Å². The molecule has 5 nitrogen and oxygen atoms in total. The predicted octanol–water partition coefficient (Wildman–Crippen LogP) is 1.05. The Morgan fingerprint density at radius 2 is 2.05 bits per heavy atom. The fraction of sp³-hybridized carbons (Fsp3) is 0.929. The van der Waals surface area contributed by atoms with Crippen molar-refractivity contribution in [1.29, 1.82) is 0 Å². The maximum Gasteiger partial charge on any atom is 0.310 e. The molecule has 2 N–H and O–H groups in total. The van der Waals surface area contributed by atoms with E-state index in [-0.39, 0.29) is 0 Å². The van der Waals surface area contributed by atoms with Gasteiger partial charge in [-0.15, -0.1) is 0 Å². The average Bonchev–Trinajstić information content (AvgIpc) is 2.36. The molecule has 112 valence electrons. The third-order valence-corrected chi connectivity index (χ3v) is 3.82. The zero-order valence-electron chi connectivity index (χ0n) is 12.4. The number of carbonyl (C=O) groups is 1. The Morgan fingerprint density at radius 1 is 1.42 bits per heavy atom. The molecule has 0 spiro atoms. The van der Waals surface area contributed by atoms with Crippen molar-refractivity contribution in [2.75, 3.05) is 46.4 Å². The molecule has 0 bridgehead atoms. The number of nitrogens with zero attached hydrogens (tertiary/aromatic N) is 1. The van der Waals surface area contributed by atoms with Gasteiger partial charge in [0.15, 0.2) is 0 Å². The van der Waals surface area contributed by atoms with Crippen LogP contribution in [-0.4, -0.2) is 62.4 Å². The number of ether oxygens (including phenoxy) is 1. The Hall–Kier alpha value is -0.650. The quantitative estimate of drug-likeness (QED) is 0.647. The van der Waals surface area contributed by atoms with Crippen LogP contribution < -0.4 is 5.32 Å². The summed E-state index contributed by atoms with van der Waals surface area (Å²) in [7, 11) is 1.71. The van der Waals surface area contributed by atoms with Crippen molar-refractivity contribution in [1.82, 2.24) is 10.2 Å². The normalized spacial score (nSPS) is 18.7. The highest BCUT2D eigenvalue weighted by Gasteiger charge is 2.31. The van der Waals surface area contributed by atoms with E-state index < -0.39 is 11.4 Å². The van der Waals surface area contributed by atoms with Crippen molar-refractivity contribution in [3.8, 4) is 0 Å². The van der Waals surface area contributed by atoms with Crippen molar-refractivity contribution < 1.29 is 14.6 Å². The summed E-state index contributed by atoms with van der Waals surface area (Å²) in [5, 5.41) is 12.5. The van der Waals surface area contributed by atoms with Gasteiger partial charge in [-0.25, -0.2) is 0 Å². The minimum absolute atomic E-state index is 0.645. The minimum atomic E-state index is -0.712. The van der Waals surface area contributed by atoms with Crippen LogP contribution in [0.3, 0.4) is 0 Å². The number of hydrogen-bond donors (Lipinski definition) is 2. The summed E-state index contributed by atoms with van der Waals surface area (Å²) in [5.41, 5.74) is -0.649. The maximum absolute atomic E-state index is 11.1. The van der Waals surface area contributed by atoms with Gasteiger partial charge in [0.2, 0.25) is 0 Å². The van der Waals surface area contributed by atoms with Crippen molar-refractivity contribution >= 4 is 5.97 Å². The van der Waals surface area contributed by atoms with Crippen LogP contribution in [0.15, 0.2) is 0 Å². The Bertz CT molecular complexity index is 274. The second kappa shape index (κ2) is 7.82. The molecule has 1 aliphatic heterocycles. The number of nitrogens with one attached hydrogen (secondary N) is 1. The van der Waals surface area contributed by atoms with E-state index in [1.807, 2.05) is 0 Å². The molecular weight excluding hydrogens is 244 g/mol. The zero-order valence-corrected chi connectivity index (χ0v) is 12.4. The molecule has 0 aliphatic carbocycles. The van der Waals surface area contributed by atoms with Gasteiger partial charge in [-0.05, 0) is 52.2 Å². The minimum Gasteiger partial charge on any atom is -0.481 e. The molecule has 5 heteroatoms. The van der Waals surface area contributed by atoms with Crippen LogP contribution in [0.4, 0.5) is 0 Å². The fourth-order valence-corrected chi connectivity index (χ4v) is 2.46. The van der Waals surface area contributed by atoms with E-state index in [0.717, 1.165) is 45.6 Å². The van der Waals surface area contributed by atoms with E-state index in [2.05, 4.69) is 10.2 Å². The second-order valence-electron chi connectivity index (χ2n) is 6.11. The van der Waals surface area contributed by atoms with Crippen molar-refractivity contribution in [2.45, 2.75) is 26.7 Å². The highest BCUT2D eigenvalue weighted by Crippen LogP contribution is 2.22. The van der Waals surface area contributed by atoms with Gasteiger partial charge < -0.3 is 20.1 Å². The average molecular weight is 272 g/mol. The summed E-state index contributed by atoms with van der Waals surface area (Å²) in [4.78, 5) is 13.4. The summed E-state index contributed by atoms with van der Waals surface area (Å²) < 4.78 is 5.00. The highest BCUT2D eigenvalue weighted by atomic mass is 16.5. The van der Waals surface area contributed by atoms with Gasteiger partial charge in [0, 0.05) is 20.2 Å². The van der Waals surface area contributed by atoms with Gasteiger partial charge in [0.05, 0.1) is 12.0 Å². The second-order valence-corrected chi connectivity index (χ2v) is 6.11. The number of piperidine rings is 1. The van der Waals surface area contributed by atoms with Gasteiger partial charge in [-0.1, -0.05) is 0 Å². The number of likely N-dealkylation sites (tertiary alicyclic amines) is 1. The molecule has 0 amide bonds. The van der Waals surface area contributed by atoms with E-state index >= 15 is 0 Å². The topological polar surface area (TPSA) is 61.8 Å². The van der Waals surface area contributed by atoms with Crippen LogP contribution in [0.5, 0.6) is 0 Å². The molecule has 0 unspecified atom stereocenters. The third-order valence-electron chi connectivity index (χ3n) is 3.82. The van der Waals surface area contributed by atoms with Gasteiger partial charge in [0.1, 0.15) is 0 Å². The van der Waals surface area contributed by atoms with Gasteiger partial charge in [-0.2, -0.15) is 0 Å². The third kappa shape index (κ3) is 5.89. The Kier molecular flexibility index (Phi) is 6.75. The Morgan fingerprint density at radius 3 is 2.58 bits per heavy atom. The zero-order chi connectivity index (χ0) is 14.3. The number of hydrogen-bond acceptors (Lipinski definition) is 4. The van der Waals surface area contributed by atoms with Gasteiger partial charge in [0.25, 0.3) is 0 Å². The molecule has 0 aromatic heterocycles. The summed E-state index contributed by atoms with van der Waals surface area (Å²) >= 11 is 0. The lowest BCUT2D eigenvalue weighted by Crippen LogP contribution is -2.44. The van der Waals surface area contributed by atoms with Crippen LogP contribution in [0.25, 0.3) is 0 Å². The van der Waals surface area contributed by atoms with Crippen LogP contribution >= 0.6 is 0 Å². The molecule has 0 radical (unpaired) electrons. The molecule has 1 saturated heterocycles. The fourth-order valence-electron chi connectivity index (χ4n) is 2.46. The van der Waals surface area contributed by atoms with Gasteiger partial charge in [-0.3, -0.25) is 4.79 Å². The first-order valence-electron chi connectivity index (χ1n) is 7.11. The molecule has 0 aromatic carbocycles. The van der Waals surface area contributed by atoms with Crippen LogP contribution in [0.1, 0.15) is 26.7 Å². The van der Waals surface area contributed by atoms with Crippen molar-refractivity contribution in [3.05, 3.63) is 0 Å². The standard InChI is InChI=1S/C14H28N2O3/c1-14(2,13(17)18)11-16-7-4-12(5-8-16)10-15-6-9-19-3/h12,15H,4-11H2,1-3H3,(H,17,18). The number of carboxylic acids is 1. The Labute approximate surface area is 116 Å². The van der Waals surface area contributed by atoms with Crippen molar-refractivity contribution in [2.24, 2.45) is 11.3 Å². The maximum atomic E-state index is 11.1. The first kappa shape index (κ1) is 16.4. The van der Waals surface area contributed by atoms with Crippen molar-refractivity contribution in [3.63, 3.8) is 0 Å². The molecular formula is C14H28N2O3. The van der Waals surface area contributed by atoms with E-state index in [4.69, 9.17) is 9.84 Å². The molecule has 1 rings (SSSR count). The first-order valence-corrected chi connectivity index (χ1v) is 7.11. The molecule has 0 saturated carbocycles. The number of aliphatic carboxylic acids is 1. The lowest BCUT2D eigenvalue weighted by Gasteiger charge is -2.35. The van der Waals surface area contributed by atoms with E-state index in [1.54, 1.807) is 21.0 Å². The molecule has 1 fully saturated rings. The lowest BCUT2D eigenvalue weighted by molar-refractivity contribution is -0.148. The number of rotatable bonds is 8. The molecule has 0 aromatic rings. The van der Waals surface area contributed by atoms with Crippen LogP contribution in [0.2, 0.25) is 0 Å².